The van der Waals surface area contributed by atoms with Gasteiger partial charge in [-0.05, 0) is 56.3 Å². The second-order valence-corrected chi connectivity index (χ2v) is 5.75. The van der Waals surface area contributed by atoms with Crippen molar-refractivity contribution < 1.29 is 9.53 Å². The van der Waals surface area contributed by atoms with Crippen molar-refractivity contribution in [2.45, 2.75) is 51.0 Å². The predicted octanol–water partition coefficient (Wildman–Crippen LogP) is 2.65. The third-order valence-electron chi connectivity index (χ3n) is 4.71. The standard InChI is InChI=1S/C15H25NO2/c1-18-14(17)7-5-3-2-4-6-13-11-8-9-12(10-11)15(13)16/h2,4,11-13,15H,3,5-10,16H2,1H3. The van der Waals surface area contributed by atoms with Gasteiger partial charge in [-0.2, -0.15) is 0 Å². The Morgan fingerprint density at radius 1 is 1.33 bits per heavy atom. The Morgan fingerprint density at radius 2 is 2.11 bits per heavy atom. The Bertz CT molecular complexity index is 312. The van der Waals surface area contributed by atoms with Crippen molar-refractivity contribution in [1.29, 1.82) is 0 Å². The maximum Gasteiger partial charge on any atom is 0.305 e. The first-order valence-corrected chi connectivity index (χ1v) is 7.19. The van der Waals surface area contributed by atoms with Crippen molar-refractivity contribution in [2.24, 2.45) is 23.5 Å². The summed E-state index contributed by atoms with van der Waals surface area (Å²) in [6, 6.07) is 0.434. The molecule has 2 aliphatic rings. The van der Waals surface area contributed by atoms with Crippen molar-refractivity contribution in [2.75, 3.05) is 7.11 Å². The van der Waals surface area contributed by atoms with E-state index in [1.54, 1.807) is 0 Å². The quantitative estimate of drug-likeness (QED) is 0.448. The van der Waals surface area contributed by atoms with E-state index < -0.39 is 0 Å². The van der Waals surface area contributed by atoms with Crippen molar-refractivity contribution in [3.05, 3.63) is 12.2 Å². The number of allylic oxidation sites excluding steroid dienone is 2. The Morgan fingerprint density at radius 3 is 2.78 bits per heavy atom. The molecule has 0 radical (unpaired) electrons. The zero-order valence-electron chi connectivity index (χ0n) is 11.3. The van der Waals surface area contributed by atoms with E-state index in [2.05, 4.69) is 16.9 Å². The number of carbonyl (C=O) groups excluding carboxylic acids is 1. The normalized spacial score (nSPS) is 34.3. The lowest BCUT2D eigenvalue weighted by Crippen LogP contribution is -2.35. The second kappa shape index (κ2) is 6.37. The van der Waals surface area contributed by atoms with Crippen LogP contribution >= 0.6 is 0 Å². The zero-order chi connectivity index (χ0) is 13.0. The summed E-state index contributed by atoms with van der Waals surface area (Å²) >= 11 is 0. The van der Waals surface area contributed by atoms with Gasteiger partial charge in [0.05, 0.1) is 7.11 Å². The van der Waals surface area contributed by atoms with Gasteiger partial charge in [0.1, 0.15) is 0 Å². The number of nitrogens with two attached hydrogens (primary N) is 1. The molecule has 0 heterocycles. The van der Waals surface area contributed by atoms with Crippen LogP contribution in [0, 0.1) is 17.8 Å². The van der Waals surface area contributed by atoms with Gasteiger partial charge >= 0.3 is 5.97 Å². The largest absolute Gasteiger partial charge is 0.469 e. The molecule has 0 saturated heterocycles. The summed E-state index contributed by atoms with van der Waals surface area (Å²) in [5, 5.41) is 0. The lowest BCUT2D eigenvalue weighted by atomic mass is 9.83. The van der Waals surface area contributed by atoms with E-state index in [1.807, 2.05) is 0 Å². The SMILES string of the molecule is COC(=O)CCCC=CCC1C2CCC(C2)C1N. The third-order valence-corrected chi connectivity index (χ3v) is 4.71. The van der Waals surface area contributed by atoms with Gasteiger partial charge in [0.2, 0.25) is 0 Å². The van der Waals surface area contributed by atoms with E-state index in [1.165, 1.54) is 26.4 Å². The van der Waals surface area contributed by atoms with E-state index >= 15 is 0 Å². The average molecular weight is 251 g/mol. The summed E-state index contributed by atoms with van der Waals surface area (Å²) < 4.78 is 4.61. The highest BCUT2D eigenvalue weighted by atomic mass is 16.5. The van der Waals surface area contributed by atoms with Gasteiger partial charge < -0.3 is 10.5 Å². The van der Waals surface area contributed by atoms with Crippen molar-refractivity contribution in [3.63, 3.8) is 0 Å². The third kappa shape index (κ3) is 3.14. The highest BCUT2D eigenvalue weighted by Crippen LogP contribution is 2.48. The molecular formula is C15H25NO2. The highest BCUT2D eigenvalue weighted by molar-refractivity contribution is 5.68. The van der Waals surface area contributed by atoms with E-state index in [0.717, 1.165) is 31.1 Å². The molecule has 2 N–H and O–H groups in total. The van der Waals surface area contributed by atoms with E-state index in [-0.39, 0.29) is 5.97 Å². The average Bonchev–Trinajstić information content (AvgIpc) is 2.95. The van der Waals surface area contributed by atoms with Crippen LogP contribution in [0.5, 0.6) is 0 Å². The van der Waals surface area contributed by atoms with Gasteiger partial charge in [-0.1, -0.05) is 12.2 Å². The summed E-state index contributed by atoms with van der Waals surface area (Å²) in [7, 11) is 1.44. The molecule has 0 aromatic heterocycles. The fraction of sp³-hybridized carbons (Fsp3) is 0.800. The second-order valence-electron chi connectivity index (χ2n) is 5.75. The highest BCUT2D eigenvalue weighted by Gasteiger charge is 2.44. The van der Waals surface area contributed by atoms with Crippen LogP contribution in [0.15, 0.2) is 12.2 Å². The van der Waals surface area contributed by atoms with Crippen LogP contribution in [0.3, 0.4) is 0 Å². The smallest absolute Gasteiger partial charge is 0.305 e. The molecule has 0 aliphatic heterocycles. The van der Waals surface area contributed by atoms with Crippen molar-refractivity contribution in [1.82, 2.24) is 0 Å². The Labute approximate surface area is 110 Å². The molecule has 4 unspecified atom stereocenters. The first-order chi connectivity index (χ1) is 8.72. The summed E-state index contributed by atoms with van der Waals surface area (Å²) in [4.78, 5) is 10.9. The van der Waals surface area contributed by atoms with Crippen LogP contribution in [0.2, 0.25) is 0 Å². The number of unbranched alkanes of at least 4 members (excludes halogenated alkanes) is 1. The minimum Gasteiger partial charge on any atom is -0.469 e. The number of esters is 1. The van der Waals surface area contributed by atoms with Crippen LogP contribution < -0.4 is 5.73 Å². The number of methoxy groups -OCH3 is 1. The lowest BCUT2D eigenvalue weighted by Gasteiger charge is -2.27. The number of rotatable bonds is 6. The molecular weight excluding hydrogens is 226 g/mol. The van der Waals surface area contributed by atoms with E-state index in [9.17, 15) is 4.79 Å². The molecule has 0 spiro atoms. The molecule has 3 heteroatoms. The van der Waals surface area contributed by atoms with Crippen LogP contribution in [-0.2, 0) is 9.53 Å². The molecule has 0 aromatic rings. The fourth-order valence-electron chi connectivity index (χ4n) is 3.64. The molecule has 3 nitrogen and oxygen atoms in total. The van der Waals surface area contributed by atoms with Gasteiger partial charge in [0.25, 0.3) is 0 Å². The van der Waals surface area contributed by atoms with Gasteiger partial charge in [-0.15, -0.1) is 0 Å². The van der Waals surface area contributed by atoms with Crippen LogP contribution in [-0.4, -0.2) is 19.1 Å². The summed E-state index contributed by atoms with van der Waals surface area (Å²) in [5.41, 5.74) is 6.27. The van der Waals surface area contributed by atoms with Crippen molar-refractivity contribution in [3.8, 4) is 0 Å². The number of carbonyl (C=O) groups is 1. The van der Waals surface area contributed by atoms with Gasteiger partial charge in [-0.3, -0.25) is 4.79 Å². The molecule has 2 fully saturated rings. The van der Waals surface area contributed by atoms with Crippen LogP contribution in [0.1, 0.15) is 44.9 Å². The topological polar surface area (TPSA) is 52.3 Å². The van der Waals surface area contributed by atoms with Crippen LogP contribution in [0.25, 0.3) is 0 Å². The minimum atomic E-state index is -0.112. The van der Waals surface area contributed by atoms with Crippen LogP contribution in [0.4, 0.5) is 0 Å². The van der Waals surface area contributed by atoms with Gasteiger partial charge in [-0.25, -0.2) is 0 Å². The summed E-state index contributed by atoms with van der Waals surface area (Å²) in [6.45, 7) is 0. The maximum atomic E-state index is 10.9. The number of ether oxygens (including phenoxy) is 1. The monoisotopic (exact) mass is 251 g/mol. The molecule has 102 valence electrons. The molecule has 2 aliphatic carbocycles. The molecule has 2 saturated carbocycles. The Kier molecular flexibility index (Phi) is 4.81. The number of fused-ring (bicyclic) bond motifs is 2. The van der Waals surface area contributed by atoms with E-state index in [0.29, 0.717) is 18.4 Å². The molecule has 0 amide bonds. The summed E-state index contributed by atoms with van der Waals surface area (Å²) in [6.07, 6.45) is 12.1. The Balaban J connectivity index is 1.61. The molecule has 0 aromatic carbocycles. The first-order valence-electron chi connectivity index (χ1n) is 7.19. The summed E-state index contributed by atoms with van der Waals surface area (Å²) in [5.74, 6) is 2.27. The van der Waals surface area contributed by atoms with Crippen molar-refractivity contribution >= 4 is 5.97 Å². The predicted molar refractivity (Wildman–Crippen MR) is 71.9 cm³/mol. The Hall–Kier alpha value is -0.830. The molecule has 2 bridgehead atoms. The maximum absolute atomic E-state index is 10.9. The zero-order valence-corrected chi connectivity index (χ0v) is 11.3. The number of hydrogen-bond donors (Lipinski definition) is 1. The van der Waals surface area contributed by atoms with Gasteiger partial charge in [0, 0.05) is 12.5 Å². The van der Waals surface area contributed by atoms with Gasteiger partial charge in [0.15, 0.2) is 0 Å². The fourth-order valence-corrected chi connectivity index (χ4v) is 3.64. The first kappa shape index (κ1) is 13.6. The lowest BCUT2D eigenvalue weighted by molar-refractivity contribution is -0.140. The minimum absolute atomic E-state index is 0.112. The van der Waals surface area contributed by atoms with E-state index in [4.69, 9.17) is 5.73 Å². The molecule has 18 heavy (non-hydrogen) atoms. The molecule has 4 atom stereocenters. The molecule has 2 rings (SSSR count). The number of hydrogen-bond acceptors (Lipinski definition) is 3.